The molecule has 0 aliphatic heterocycles. The summed E-state index contributed by atoms with van der Waals surface area (Å²) in [5.74, 6) is -2.91. The van der Waals surface area contributed by atoms with E-state index >= 15 is 0 Å². The van der Waals surface area contributed by atoms with E-state index in [0.717, 1.165) is 12.5 Å². The first-order chi connectivity index (χ1) is 10.0. The van der Waals surface area contributed by atoms with Gasteiger partial charge >= 0.3 is 0 Å². The minimum atomic E-state index is -1.24. The number of benzene rings is 1. The second kappa shape index (κ2) is 6.62. The Labute approximate surface area is 120 Å². The molecule has 2 aromatic rings. The van der Waals surface area contributed by atoms with E-state index in [2.05, 4.69) is 10.3 Å². The van der Waals surface area contributed by atoms with E-state index < -0.39 is 17.5 Å². The van der Waals surface area contributed by atoms with Gasteiger partial charge in [-0.1, -0.05) is 0 Å². The van der Waals surface area contributed by atoms with Gasteiger partial charge in [0.1, 0.15) is 5.82 Å². The van der Waals surface area contributed by atoms with Crippen molar-refractivity contribution in [1.29, 1.82) is 0 Å². The maximum atomic E-state index is 13.7. The van der Waals surface area contributed by atoms with Gasteiger partial charge in [-0.25, -0.2) is 18.2 Å². The van der Waals surface area contributed by atoms with Crippen LogP contribution in [0.4, 0.5) is 24.8 Å². The Bertz CT molecular complexity index is 628. The summed E-state index contributed by atoms with van der Waals surface area (Å²) >= 11 is 0. The van der Waals surface area contributed by atoms with Crippen LogP contribution in [0.25, 0.3) is 0 Å². The molecule has 4 nitrogen and oxygen atoms in total. The standard InChI is InChI=1S/C14H16F3N3O/c1-9-8-20(4-3-5-21-2)14(18-9)19-12-7-10(15)6-11(16)13(12)17/h6-8H,3-5H2,1-2H3,(H,18,19). The Morgan fingerprint density at radius 3 is 2.76 bits per heavy atom. The maximum absolute atomic E-state index is 13.7. The molecule has 21 heavy (non-hydrogen) atoms. The Kier molecular flexibility index (Phi) is 4.85. The molecule has 1 heterocycles. The number of hydrogen-bond acceptors (Lipinski definition) is 3. The lowest BCUT2D eigenvalue weighted by Crippen LogP contribution is -2.07. The Balaban J connectivity index is 2.23. The summed E-state index contributed by atoms with van der Waals surface area (Å²) in [6.07, 6.45) is 2.51. The van der Waals surface area contributed by atoms with Crippen LogP contribution in [0.15, 0.2) is 18.3 Å². The van der Waals surface area contributed by atoms with Crippen molar-refractivity contribution in [2.24, 2.45) is 0 Å². The van der Waals surface area contributed by atoms with Crippen LogP contribution >= 0.6 is 0 Å². The van der Waals surface area contributed by atoms with Crippen molar-refractivity contribution in [1.82, 2.24) is 9.55 Å². The lowest BCUT2D eigenvalue weighted by molar-refractivity contribution is 0.190. The van der Waals surface area contributed by atoms with E-state index in [1.807, 2.05) is 0 Å². The lowest BCUT2D eigenvalue weighted by atomic mass is 10.3. The van der Waals surface area contributed by atoms with Crippen LogP contribution in [0.2, 0.25) is 0 Å². The molecule has 1 N–H and O–H groups in total. The second-order valence-electron chi connectivity index (χ2n) is 4.62. The first kappa shape index (κ1) is 15.4. The van der Waals surface area contributed by atoms with Crippen LogP contribution in [0.3, 0.4) is 0 Å². The molecule has 114 valence electrons. The summed E-state index contributed by atoms with van der Waals surface area (Å²) < 4.78 is 46.7. The van der Waals surface area contributed by atoms with Gasteiger partial charge in [-0.15, -0.1) is 0 Å². The molecule has 0 saturated carbocycles. The Morgan fingerprint density at radius 1 is 1.29 bits per heavy atom. The predicted molar refractivity (Wildman–Crippen MR) is 73.1 cm³/mol. The highest BCUT2D eigenvalue weighted by molar-refractivity contribution is 5.55. The minimum Gasteiger partial charge on any atom is -0.385 e. The number of rotatable bonds is 6. The fourth-order valence-electron chi connectivity index (χ4n) is 1.96. The van der Waals surface area contributed by atoms with Gasteiger partial charge in [0.2, 0.25) is 5.95 Å². The minimum absolute atomic E-state index is 0.286. The first-order valence-corrected chi connectivity index (χ1v) is 6.45. The van der Waals surface area contributed by atoms with E-state index in [9.17, 15) is 13.2 Å². The second-order valence-corrected chi connectivity index (χ2v) is 4.62. The molecule has 0 fully saturated rings. The summed E-state index contributed by atoms with van der Waals surface area (Å²) in [6.45, 7) is 2.94. The van der Waals surface area contributed by atoms with E-state index in [1.165, 1.54) is 0 Å². The molecule has 2 rings (SSSR count). The Hall–Kier alpha value is -2.02. The number of aryl methyl sites for hydroxylation is 2. The van der Waals surface area contributed by atoms with Gasteiger partial charge in [0, 0.05) is 38.6 Å². The van der Waals surface area contributed by atoms with Crippen LogP contribution in [0.1, 0.15) is 12.1 Å². The van der Waals surface area contributed by atoms with Crippen molar-refractivity contribution in [3.63, 3.8) is 0 Å². The number of aromatic nitrogens is 2. The van der Waals surface area contributed by atoms with E-state index in [-0.39, 0.29) is 5.69 Å². The first-order valence-electron chi connectivity index (χ1n) is 6.45. The average Bonchev–Trinajstić information content (AvgIpc) is 2.76. The number of methoxy groups -OCH3 is 1. The summed E-state index contributed by atoms with van der Waals surface area (Å²) in [4.78, 5) is 4.18. The van der Waals surface area contributed by atoms with Crippen LogP contribution in [-0.4, -0.2) is 23.3 Å². The summed E-state index contributed by atoms with van der Waals surface area (Å²) in [5.41, 5.74) is 0.429. The molecule has 0 radical (unpaired) electrons. The van der Waals surface area contributed by atoms with Crippen LogP contribution in [-0.2, 0) is 11.3 Å². The highest BCUT2D eigenvalue weighted by atomic mass is 19.2. The number of nitrogens with zero attached hydrogens (tertiary/aromatic N) is 2. The molecule has 0 atom stereocenters. The van der Waals surface area contributed by atoms with Gasteiger partial charge in [0.25, 0.3) is 0 Å². The maximum Gasteiger partial charge on any atom is 0.207 e. The molecular formula is C14H16F3N3O. The molecule has 0 spiro atoms. The topological polar surface area (TPSA) is 39.1 Å². The Morgan fingerprint density at radius 2 is 2.05 bits per heavy atom. The molecule has 0 aliphatic rings. The van der Waals surface area contributed by atoms with Crippen LogP contribution in [0, 0.1) is 24.4 Å². The number of nitrogens with one attached hydrogen (secondary N) is 1. The molecule has 1 aromatic heterocycles. The molecule has 0 unspecified atom stereocenters. The zero-order valence-electron chi connectivity index (χ0n) is 11.8. The van der Waals surface area contributed by atoms with Gasteiger partial charge in [0.05, 0.1) is 11.4 Å². The normalized spacial score (nSPS) is 10.9. The highest BCUT2D eigenvalue weighted by Gasteiger charge is 2.14. The fraction of sp³-hybridized carbons (Fsp3) is 0.357. The van der Waals surface area contributed by atoms with Crippen molar-refractivity contribution in [3.8, 4) is 0 Å². The predicted octanol–water partition coefficient (Wildman–Crippen LogP) is 3.39. The van der Waals surface area contributed by atoms with Crippen LogP contribution < -0.4 is 5.32 Å². The van der Waals surface area contributed by atoms with Gasteiger partial charge in [-0.3, -0.25) is 0 Å². The van der Waals surface area contributed by atoms with Gasteiger partial charge in [-0.05, 0) is 13.3 Å². The van der Waals surface area contributed by atoms with Gasteiger partial charge in [0.15, 0.2) is 11.6 Å². The van der Waals surface area contributed by atoms with Crippen molar-refractivity contribution >= 4 is 11.6 Å². The number of anilines is 2. The zero-order chi connectivity index (χ0) is 15.4. The summed E-state index contributed by atoms with van der Waals surface area (Å²) in [5, 5.41) is 2.63. The summed E-state index contributed by atoms with van der Waals surface area (Å²) in [6, 6.07) is 1.39. The zero-order valence-corrected chi connectivity index (χ0v) is 11.8. The number of imidazole rings is 1. The monoisotopic (exact) mass is 299 g/mol. The molecule has 0 bridgehead atoms. The molecule has 0 aliphatic carbocycles. The number of hydrogen-bond donors (Lipinski definition) is 1. The number of halogens is 3. The molecule has 0 amide bonds. The smallest absolute Gasteiger partial charge is 0.207 e. The fourth-order valence-corrected chi connectivity index (χ4v) is 1.96. The van der Waals surface area contributed by atoms with Crippen molar-refractivity contribution in [2.75, 3.05) is 19.0 Å². The van der Waals surface area contributed by atoms with Crippen molar-refractivity contribution in [3.05, 3.63) is 41.5 Å². The third-order valence-electron chi connectivity index (χ3n) is 2.88. The highest BCUT2D eigenvalue weighted by Crippen LogP contribution is 2.23. The third kappa shape index (κ3) is 3.75. The van der Waals surface area contributed by atoms with Crippen molar-refractivity contribution < 1.29 is 17.9 Å². The van der Waals surface area contributed by atoms with E-state index in [4.69, 9.17) is 4.74 Å². The molecule has 7 heteroatoms. The SMILES string of the molecule is COCCCn1cc(C)nc1Nc1cc(F)cc(F)c1F. The van der Waals surface area contributed by atoms with Gasteiger partial charge < -0.3 is 14.6 Å². The quantitative estimate of drug-likeness (QED) is 0.656. The third-order valence-corrected chi connectivity index (χ3v) is 2.88. The van der Waals surface area contributed by atoms with E-state index in [1.54, 1.807) is 24.8 Å². The lowest BCUT2D eigenvalue weighted by Gasteiger charge is -2.10. The van der Waals surface area contributed by atoms with E-state index in [0.29, 0.717) is 30.9 Å². The van der Waals surface area contributed by atoms with Crippen LogP contribution in [0.5, 0.6) is 0 Å². The molecule has 0 saturated heterocycles. The molecular weight excluding hydrogens is 283 g/mol. The van der Waals surface area contributed by atoms with Gasteiger partial charge in [-0.2, -0.15) is 0 Å². The number of ether oxygens (including phenoxy) is 1. The largest absolute Gasteiger partial charge is 0.385 e. The average molecular weight is 299 g/mol. The molecule has 1 aromatic carbocycles. The van der Waals surface area contributed by atoms with Crippen molar-refractivity contribution in [2.45, 2.75) is 19.9 Å². The summed E-state index contributed by atoms with van der Waals surface area (Å²) in [7, 11) is 1.60.